The number of fused-ring (bicyclic) bond motifs is 1. The number of carbonyl (C=O) groups is 2. The molecule has 0 radical (unpaired) electrons. The number of ether oxygens (including phenoxy) is 1. The molecule has 0 saturated heterocycles. The lowest BCUT2D eigenvalue weighted by Crippen LogP contribution is -2.39. The first-order valence-corrected chi connectivity index (χ1v) is 8.26. The van der Waals surface area contributed by atoms with Crippen LogP contribution in [0.4, 0.5) is 16.2 Å². The van der Waals surface area contributed by atoms with Crippen molar-refractivity contribution >= 4 is 23.3 Å². The van der Waals surface area contributed by atoms with Gasteiger partial charge in [-0.2, -0.15) is 0 Å². The third-order valence-corrected chi connectivity index (χ3v) is 4.40. The second kappa shape index (κ2) is 6.89. The predicted molar refractivity (Wildman–Crippen MR) is 89.0 cm³/mol. The molecule has 0 bridgehead atoms. The molecule has 0 atom stereocenters. The van der Waals surface area contributed by atoms with Gasteiger partial charge in [0, 0.05) is 18.7 Å². The van der Waals surface area contributed by atoms with Gasteiger partial charge in [0.05, 0.1) is 12.2 Å². The van der Waals surface area contributed by atoms with Crippen LogP contribution < -0.4 is 20.3 Å². The largest absolute Gasteiger partial charge is 0.490 e. The van der Waals surface area contributed by atoms with Crippen molar-refractivity contribution < 1.29 is 14.3 Å². The summed E-state index contributed by atoms with van der Waals surface area (Å²) in [5.74, 6) is 0.642. The fourth-order valence-corrected chi connectivity index (χ4v) is 3.22. The Labute approximate surface area is 136 Å². The zero-order valence-electron chi connectivity index (χ0n) is 13.4. The van der Waals surface area contributed by atoms with E-state index in [-0.39, 0.29) is 18.0 Å². The Bertz CT molecular complexity index is 597. The number of nitrogens with zero attached hydrogens (tertiary/aromatic N) is 1. The Morgan fingerprint density at radius 1 is 1.22 bits per heavy atom. The smallest absolute Gasteiger partial charge is 0.319 e. The van der Waals surface area contributed by atoms with E-state index in [0.29, 0.717) is 30.3 Å². The van der Waals surface area contributed by atoms with E-state index in [4.69, 9.17) is 4.74 Å². The van der Waals surface area contributed by atoms with E-state index in [2.05, 4.69) is 10.6 Å². The van der Waals surface area contributed by atoms with Crippen LogP contribution in [0.15, 0.2) is 18.2 Å². The molecule has 124 valence electrons. The van der Waals surface area contributed by atoms with Crippen LogP contribution >= 0.6 is 0 Å². The standard InChI is InChI=1S/C17H23N3O3/c1-12(21)20-9-10-23-16-8-7-14(11-15(16)20)19-17(22)18-13-5-3-2-4-6-13/h7-8,11,13H,2-6,9-10H2,1H3,(H2,18,19,22). The van der Waals surface area contributed by atoms with Crippen molar-refractivity contribution in [3.8, 4) is 5.75 Å². The average molecular weight is 317 g/mol. The van der Waals surface area contributed by atoms with Crippen LogP contribution in [0, 0.1) is 0 Å². The number of hydrogen-bond donors (Lipinski definition) is 2. The topological polar surface area (TPSA) is 70.7 Å². The van der Waals surface area contributed by atoms with Crippen molar-refractivity contribution in [3.05, 3.63) is 18.2 Å². The molecule has 1 aliphatic carbocycles. The van der Waals surface area contributed by atoms with Crippen molar-refractivity contribution in [1.82, 2.24) is 5.32 Å². The van der Waals surface area contributed by atoms with Gasteiger partial charge < -0.3 is 20.3 Å². The average Bonchev–Trinajstić information content (AvgIpc) is 2.55. The summed E-state index contributed by atoms with van der Waals surface area (Å²) in [5.41, 5.74) is 1.37. The lowest BCUT2D eigenvalue weighted by Gasteiger charge is -2.29. The molecule has 1 aromatic rings. The molecule has 0 unspecified atom stereocenters. The van der Waals surface area contributed by atoms with Crippen LogP contribution in [0.25, 0.3) is 0 Å². The third kappa shape index (κ3) is 3.75. The van der Waals surface area contributed by atoms with Gasteiger partial charge in [0.25, 0.3) is 0 Å². The van der Waals surface area contributed by atoms with Crippen molar-refractivity contribution in [2.75, 3.05) is 23.4 Å². The van der Waals surface area contributed by atoms with Gasteiger partial charge in [-0.1, -0.05) is 19.3 Å². The highest BCUT2D eigenvalue weighted by Gasteiger charge is 2.22. The minimum absolute atomic E-state index is 0.0293. The van der Waals surface area contributed by atoms with Gasteiger partial charge in [-0.25, -0.2) is 4.79 Å². The summed E-state index contributed by atoms with van der Waals surface area (Å²) in [4.78, 5) is 25.5. The van der Waals surface area contributed by atoms with Gasteiger partial charge in [0.15, 0.2) is 0 Å². The second-order valence-electron chi connectivity index (χ2n) is 6.14. The zero-order valence-corrected chi connectivity index (χ0v) is 13.4. The Morgan fingerprint density at radius 2 is 2.00 bits per heavy atom. The monoisotopic (exact) mass is 317 g/mol. The molecule has 6 heteroatoms. The first kappa shape index (κ1) is 15.6. The van der Waals surface area contributed by atoms with Gasteiger partial charge in [0.2, 0.25) is 5.91 Å². The molecule has 23 heavy (non-hydrogen) atoms. The maximum Gasteiger partial charge on any atom is 0.319 e. The van der Waals surface area contributed by atoms with E-state index in [1.165, 1.54) is 26.2 Å². The fraction of sp³-hybridized carbons (Fsp3) is 0.529. The molecular formula is C17H23N3O3. The summed E-state index contributed by atoms with van der Waals surface area (Å²) in [6, 6.07) is 5.45. The van der Waals surface area contributed by atoms with Crippen molar-refractivity contribution in [3.63, 3.8) is 0 Å². The number of nitrogens with one attached hydrogen (secondary N) is 2. The van der Waals surface area contributed by atoms with E-state index < -0.39 is 0 Å². The quantitative estimate of drug-likeness (QED) is 0.881. The molecule has 0 spiro atoms. The third-order valence-electron chi connectivity index (χ3n) is 4.40. The van der Waals surface area contributed by atoms with Gasteiger partial charge in [-0.3, -0.25) is 4.79 Å². The molecule has 6 nitrogen and oxygen atoms in total. The van der Waals surface area contributed by atoms with Crippen molar-refractivity contribution in [2.45, 2.75) is 45.1 Å². The zero-order chi connectivity index (χ0) is 16.2. The normalized spacial score (nSPS) is 17.9. The molecule has 1 aliphatic heterocycles. The van der Waals surface area contributed by atoms with E-state index >= 15 is 0 Å². The Balaban J connectivity index is 1.67. The summed E-state index contributed by atoms with van der Waals surface area (Å²) in [7, 11) is 0. The van der Waals surface area contributed by atoms with Crippen LogP contribution in [-0.4, -0.2) is 31.1 Å². The molecule has 0 aromatic heterocycles. The number of rotatable bonds is 2. The fourth-order valence-electron chi connectivity index (χ4n) is 3.22. The van der Waals surface area contributed by atoms with Crippen LogP contribution in [-0.2, 0) is 4.79 Å². The maximum atomic E-state index is 12.1. The van der Waals surface area contributed by atoms with E-state index in [9.17, 15) is 9.59 Å². The maximum absolute atomic E-state index is 12.1. The SMILES string of the molecule is CC(=O)N1CCOc2ccc(NC(=O)NC3CCCCC3)cc21. The molecule has 3 amide bonds. The molecule has 1 heterocycles. The molecular weight excluding hydrogens is 294 g/mol. The van der Waals surface area contributed by atoms with Gasteiger partial charge in [0.1, 0.15) is 12.4 Å². The minimum atomic E-state index is -0.192. The van der Waals surface area contributed by atoms with Crippen LogP contribution in [0.1, 0.15) is 39.0 Å². The van der Waals surface area contributed by atoms with Gasteiger partial charge in [-0.15, -0.1) is 0 Å². The van der Waals surface area contributed by atoms with Crippen LogP contribution in [0.3, 0.4) is 0 Å². The highest BCUT2D eigenvalue weighted by atomic mass is 16.5. The lowest BCUT2D eigenvalue weighted by molar-refractivity contribution is -0.116. The molecule has 1 fully saturated rings. The molecule has 1 saturated carbocycles. The molecule has 2 N–H and O–H groups in total. The predicted octanol–water partition coefficient (Wildman–Crippen LogP) is 2.89. The van der Waals surface area contributed by atoms with E-state index in [1.807, 2.05) is 0 Å². The van der Waals surface area contributed by atoms with Gasteiger partial charge >= 0.3 is 6.03 Å². The van der Waals surface area contributed by atoms with Crippen LogP contribution in [0.2, 0.25) is 0 Å². The second-order valence-corrected chi connectivity index (χ2v) is 6.14. The summed E-state index contributed by atoms with van der Waals surface area (Å²) in [6.07, 6.45) is 5.70. The van der Waals surface area contributed by atoms with E-state index in [0.717, 1.165) is 12.8 Å². The summed E-state index contributed by atoms with van der Waals surface area (Å²) in [6.45, 7) is 2.55. The molecule has 1 aromatic carbocycles. The Morgan fingerprint density at radius 3 is 2.74 bits per heavy atom. The Hall–Kier alpha value is -2.24. The number of urea groups is 1. The number of hydrogen-bond acceptors (Lipinski definition) is 3. The molecule has 3 rings (SSSR count). The van der Waals surface area contributed by atoms with Crippen molar-refractivity contribution in [2.24, 2.45) is 0 Å². The summed E-state index contributed by atoms with van der Waals surface area (Å²) < 4.78 is 5.56. The van der Waals surface area contributed by atoms with Gasteiger partial charge in [-0.05, 0) is 31.0 Å². The number of carbonyl (C=O) groups excluding carboxylic acids is 2. The summed E-state index contributed by atoms with van der Waals surface area (Å²) in [5, 5.41) is 5.87. The number of amides is 3. The van der Waals surface area contributed by atoms with E-state index in [1.54, 1.807) is 23.1 Å². The lowest BCUT2D eigenvalue weighted by atomic mass is 9.96. The summed E-state index contributed by atoms with van der Waals surface area (Å²) >= 11 is 0. The van der Waals surface area contributed by atoms with Crippen LogP contribution in [0.5, 0.6) is 5.75 Å². The molecule has 2 aliphatic rings. The first-order chi connectivity index (χ1) is 11.1. The number of anilines is 2. The number of benzene rings is 1. The Kier molecular flexibility index (Phi) is 4.69. The highest BCUT2D eigenvalue weighted by molar-refractivity contribution is 5.96. The minimum Gasteiger partial charge on any atom is -0.490 e. The highest BCUT2D eigenvalue weighted by Crippen LogP contribution is 2.34. The van der Waals surface area contributed by atoms with Crippen molar-refractivity contribution in [1.29, 1.82) is 0 Å². The first-order valence-electron chi connectivity index (χ1n) is 8.26.